The third kappa shape index (κ3) is 2.41. The summed E-state index contributed by atoms with van der Waals surface area (Å²) in [5.41, 5.74) is 1.87. The molecule has 0 aliphatic carbocycles. The van der Waals surface area contributed by atoms with E-state index in [0.29, 0.717) is 24.1 Å². The molecule has 0 radical (unpaired) electrons. The monoisotopic (exact) mass is 344 g/mol. The molecule has 2 aliphatic heterocycles. The third-order valence-electron chi connectivity index (χ3n) is 5.21. The standard InChI is InChI=1S/C19H18ClFN2O/c20-17-14(21)6-7-15-16(17)19(18(24)22-15)8-10-23(11-9-19)12-13-4-2-1-3-5-13/h1-7H,8-12H2,(H,22,24). The maximum atomic E-state index is 13.9. The Balaban J connectivity index is 1.57. The van der Waals surface area contributed by atoms with Crippen LogP contribution in [-0.4, -0.2) is 23.9 Å². The van der Waals surface area contributed by atoms with E-state index in [-0.39, 0.29) is 10.9 Å². The molecule has 4 rings (SSSR count). The topological polar surface area (TPSA) is 32.3 Å². The zero-order valence-electron chi connectivity index (χ0n) is 13.2. The smallest absolute Gasteiger partial charge is 0.235 e. The lowest BCUT2D eigenvalue weighted by atomic mass is 9.73. The number of hydrogen-bond acceptors (Lipinski definition) is 2. The number of nitrogens with zero attached hydrogens (tertiary/aromatic N) is 1. The van der Waals surface area contributed by atoms with Gasteiger partial charge < -0.3 is 5.32 Å². The van der Waals surface area contributed by atoms with Crippen LogP contribution in [0.2, 0.25) is 5.02 Å². The van der Waals surface area contributed by atoms with Crippen LogP contribution in [0.15, 0.2) is 42.5 Å². The summed E-state index contributed by atoms with van der Waals surface area (Å²) in [6.07, 6.45) is 1.31. The zero-order chi connectivity index (χ0) is 16.7. The number of rotatable bonds is 2. The maximum Gasteiger partial charge on any atom is 0.235 e. The number of benzene rings is 2. The first kappa shape index (κ1) is 15.6. The molecule has 24 heavy (non-hydrogen) atoms. The van der Waals surface area contributed by atoms with Crippen LogP contribution in [-0.2, 0) is 16.8 Å². The second kappa shape index (κ2) is 5.87. The van der Waals surface area contributed by atoms with Crippen LogP contribution in [0.4, 0.5) is 10.1 Å². The Bertz CT molecular complexity index is 785. The molecule has 5 heteroatoms. The van der Waals surface area contributed by atoms with Crippen molar-refractivity contribution in [3.8, 4) is 0 Å². The van der Waals surface area contributed by atoms with Crippen LogP contribution in [0.3, 0.4) is 0 Å². The molecule has 0 aromatic heterocycles. The fourth-order valence-electron chi connectivity index (χ4n) is 3.89. The van der Waals surface area contributed by atoms with E-state index in [2.05, 4.69) is 22.3 Å². The molecule has 0 bridgehead atoms. The fourth-order valence-corrected chi connectivity index (χ4v) is 4.24. The maximum absolute atomic E-state index is 13.9. The lowest BCUT2D eigenvalue weighted by Crippen LogP contribution is -2.46. The van der Waals surface area contributed by atoms with Gasteiger partial charge in [0.15, 0.2) is 0 Å². The summed E-state index contributed by atoms with van der Waals surface area (Å²) in [5.74, 6) is -0.512. The SMILES string of the molecule is O=C1Nc2ccc(F)c(Cl)c2C12CCN(Cc1ccccc1)CC2. The largest absolute Gasteiger partial charge is 0.325 e. The molecule has 124 valence electrons. The Kier molecular flexibility index (Phi) is 3.82. The molecule has 2 aliphatic rings. The lowest BCUT2D eigenvalue weighted by molar-refractivity contribution is -0.122. The molecule has 2 aromatic carbocycles. The number of likely N-dealkylation sites (tertiary alicyclic amines) is 1. The molecule has 3 nitrogen and oxygen atoms in total. The average Bonchev–Trinajstić information content (AvgIpc) is 2.87. The van der Waals surface area contributed by atoms with Gasteiger partial charge in [-0.1, -0.05) is 41.9 Å². The predicted octanol–water partition coefficient (Wildman–Crippen LogP) is 3.97. The summed E-state index contributed by atoms with van der Waals surface area (Å²) in [5, 5.41) is 2.97. The Labute approximate surface area is 145 Å². The van der Waals surface area contributed by atoms with Crippen molar-refractivity contribution in [1.29, 1.82) is 0 Å². The van der Waals surface area contributed by atoms with E-state index in [0.717, 1.165) is 19.6 Å². The summed E-state index contributed by atoms with van der Waals surface area (Å²) >= 11 is 6.21. The number of nitrogens with one attached hydrogen (secondary N) is 1. The van der Waals surface area contributed by atoms with Gasteiger partial charge >= 0.3 is 0 Å². The van der Waals surface area contributed by atoms with Crippen molar-refractivity contribution < 1.29 is 9.18 Å². The number of fused-ring (bicyclic) bond motifs is 2. The van der Waals surface area contributed by atoms with Crippen molar-refractivity contribution in [3.63, 3.8) is 0 Å². The van der Waals surface area contributed by atoms with E-state index in [4.69, 9.17) is 11.6 Å². The van der Waals surface area contributed by atoms with E-state index >= 15 is 0 Å². The first-order valence-corrected chi connectivity index (χ1v) is 8.54. The highest BCUT2D eigenvalue weighted by molar-refractivity contribution is 6.33. The number of hydrogen-bond donors (Lipinski definition) is 1. The number of amides is 1. The summed E-state index contributed by atoms with van der Waals surface area (Å²) in [4.78, 5) is 15.0. The van der Waals surface area contributed by atoms with Crippen molar-refractivity contribution in [2.24, 2.45) is 0 Å². The Morgan fingerprint density at radius 1 is 1.12 bits per heavy atom. The van der Waals surface area contributed by atoms with Gasteiger partial charge in [0.05, 0.1) is 10.4 Å². The minimum atomic E-state index is -0.693. The van der Waals surface area contributed by atoms with Crippen LogP contribution in [0, 0.1) is 5.82 Å². The highest BCUT2D eigenvalue weighted by Gasteiger charge is 2.50. The first-order valence-electron chi connectivity index (χ1n) is 8.16. The summed E-state index contributed by atoms with van der Waals surface area (Å²) in [6, 6.07) is 13.2. The highest BCUT2D eigenvalue weighted by Crippen LogP contribution is 2.48. The number of anilines is 1. The molecule has 2 heterocycles. The third-order valence-corrected chi connectivity index (χ3v) is 5.58. The normalized spacial score (nSPS) is 19.3. The van der Waals surface area contributed by atoms with Crippen LogP contribution in [0.25, 0.3) is 0 Å². The number of carbonyl (C=O) groups is 1. The summed E-state index contributed by atoms with van der Waals surface area (Å²) < 4.78 is 13.9. The van der Waals surface area contributed by atoms with E-state index in [1.54, 1.807) is 6.07 Å². The van der Waals surface area contributed by atoms with Crippen LogP contribution in [0.1, 0.15) is 24.0 Å². The Hall–Kier alpha value is -1.91. The van der Waals surface area contributed by atoms with E-state index in [1.807, 2.05) is 18.2 Å². The molecule has 2 aromatic rings. The molecular formula is C19H18ClFN2O. The number of carbonyl (C=O) groups excluding carboxylic acids is 1. The average molecular weight is 345 g/mol. The van der Waals surface area contributed by atoms with Crippen LogP contribution < -0.4 is 5.32 Å². The fraction of sp³-hybridized carbons (Fsp3) is 0.316. The van der Waals surface area contributed by atoms with Gasteiger partial charge in [-0.2, -0.15) is 0 Å². The van der Waals surface area contributed by atoms with Crippen molar-refractivity contribution in [2.75, 3.05) is 18.4 Å². The van der Waals surface area contributed by atoms with Gasteiger partial charge in [-0.05, 0) is 43.6 Å². The lowest BCUT2D eigenvalue weighted by Gasteiger charge is -2.38. The molecule has 1 N–H and O–H groups in total. The van der Waals surface area contributed by atoms with Gasteiger partial charge in [0.1, 0.15) is 5.82 Å². The van der Waals surface area contributed by atoms with Gasteiger partial charge in [0, 0.05) is 17.8 Å². The van der Waals surface area contributed by atoms with Crippen molar-refractivity contribution in [1.82, 2.24) is 4.90 Å². The van der Waals surface area contributed by atoms with Gasteiger partial charge in [-0.25, -0.2) is 4.39 Å². The van der Waals surface area contributed by atoms with Crippen molar-refractivity contribution >= 4 is 23.2 Å². The summed E-state index contributed by atoms with van der Waals surface area (Å²) in [7, 11) is 0. The second-order valence-corrected chi connectivity index (χ2v) is 6.96. The molecule has 1 fully saturated rings. The van der Waals surface area contributed by atoms with Crippen molar-refractivity contribution in [3.05, 3.63) is 64.4 Å². The minimum absolute atomic E-state index is 0.0515. The number of halogens is 2. The van der Waals surface area contributed by atoms with E-state index < -0.39 is 11.2 Å². The minimum Gasteiger partial charge on any atom is -0.325 e. The number of piperidine rings is 1. The molecule has 0 saturated carbocycles. The van der Waals surface area contributed by atoms with E-state index in [1.165, 1.54) is 11.6 Å². The first-order chi connectivity index (χ1) is 11.6. The molecule has 0 atom stereocenters. The van der Waals surface area contributed by atoms with Gasteiger partial charge in [0.25, 0.3) is 0 Å². The highest BCUT2D eigenvalue weighted by atomic mass is 35.5. The van der Waals surface area contributed by atoms with Gasteiger partial charge in [-0.3, -0.25) is 9.69 Å². The molecule has 1 amide bonds. The molecule has 1 spiro atoms. The summed E-state index contributed by atoms with van der Waals surface area (Å²) in [6.45, 7) is 2.44. The zero-order valence-corrected chi connectivity index (χ0v) is 13.9. The Morgan fingerprint density at radius 3 is 2.54 bits per heavy atom. The van der Waals surface area contributed by atoms with Crippen LogP contribution in [0.5, 0.6) is 0 Å². The van der Waals surface area contributed by atoms with Crippen LogP contribution >= 0.6 is 11.6 Å². The Morgan fingerprint density at radius 2 is 1.83 bits per heavy atom. The van der Waals surface area contributed by atoms with Gasteiger partial charge in [-0.15, -0.1) is 0 Å². The second-order valence-electron chi connectivity index (χ2n) is 6.58. The van der Waals surface area contributed by atoms with Crippen molar-refractivity contribution in [2.45, 2.75) is 24.8 Å². The molecular weight excluding hydrogens is 327 g/mol. The predicted molar refractivity (Wildman–Crippen MR) is 92.7 cm³/mol. The quantitative estimate of drug-likeness (QED) is 0.894. The van der Waals surface area contributed by atoms with E-state index in [9.17, 15) is 9.18 Å². The molecule has 1 saturated heterocycles. The molecule has 0 unspecified atom stereocenters. The van der Waals surface area contributed by atoms with Gasteiger partial charge in [0.2, 0.25) is 5.91 Å².